The van der Waals surface area contributed by atoms with Gasteiger partial charge in [0, 0.05) is 24.7 Å². The Morgan fingerprint density at radius 1 is 1.04 bits per heavy atom. The van der Waals surface area contributed by atoms with E-state index >= 15 is 0 Å². The van der Waals surface area contributed by atoms with Crippen molar-refractivity contribution in [3.8, 4) is 0 Å². The van der Waals surface area contributed by atoms with Gasteiger partial charge in [0.1, 0.15) is 6.61 Å². The van der Waals surface area contributed by atoms with Gasteiger partial charge in [0.25, 0.3) is 0 Å². The maximum atomic E-state index is 11.2. The molecule has 1 aliphatic heterocycles. The number of aliphatic hydroxyl groups excluding tert-OH is 1. The Morgan fingerprint density at radius 3 is 2.04 bits per heavy atom. The first kappa shape index (κ1) is 20.8. The summed E-state index contributed by atoms with van der Waals surface area (Å²) in [6.45, 7) is 2.11. The Labute approximate surface area is 143 Å². The van der Waals surface area contributed by atoms with Crippen molar-refractivity contribution in [3.05, 3.63) is 0 Å². The molecule has 0 radical (unpaired) electrons. The molecule has 142 valence electrons. The minimum Gasteiger partial charge on any atom is -0.481 e. The third-order valence-electron chi connectivity index (χ3n) is 4.50. The topological polar surface area (TPSA) is 168 Å². The molecule has 0 aromatic rings. The van der Waals surface area contributed by atoms with Gasteiger partial charge in [0.05, 0.1) is 18.9 Å². The first-order valence-corrected chi connectivity index (χ1v) is 7.59. The molecule has 1 rings (SSSR count). The number of esters is 1. The Morgan fingerprint density at radius 2 is 1.60 bits per heavy atom. The predicted octanol–water partition coefficient (Wildman–Crippen LogP) is -0.0705. The van der Waals surface area contributed by atoms with E-state index in [1.807, 2.05) is 0 Å². The van der Waals surface area contributed by atoms with Crippen LogP contribution in [0.3, 0.4) is 0 Å². The molecule has 0 aromatic heterocycles. The van der Waals surface area contributed by atoms with E-state index < -0.39 is 72.8 Å². The van der Waals surface area contributed by atoms with Crippen molar-refractivity contribution in [1.82, 2.24) is 0 Å². The second-order valence-electron chi connectivity index (χ2n) is 6.37. The van der Waals surface area contributed by atoms with Crippen molar-refractivity contribution in [2.75, 3.05) is 6.61 Å². The van der Waals surface area contributed by atoms with Gasteiger partial charge in [-0.1, -0.05) is 6.92 Å². The Kier molecular flexibility index (Phi) is 6.88. The molecular formula is C15H22O10. The summed E-state index contributed by atoms with van der Waals surface area (Å²) in [4.78, 5) is 44.6. The van der Waals surface area contributed by atoms with Crippen LogP contribution in [0.15, 0.2) is 0 Å². The lowest BCUT2D eigenvalue weighted by Gasteiger charge is -2.50. The molecule has 0 aliphatic carbocycles. The second kappa shape index (κ2) is 8.26. The molecule has 5 atom stereocenters. The van der Waals surface area contributed by atoms with Gasteiger partial charge < -0.3 is 29.9 Å². The highest BCUT2D eigenvalue weighted by Crippen LogP contribution is 2.49. The van der Waals surface area contributed by atoms with Gasteiger partial charge in [0.15, 0.2) is 6.29 Å². The van der Waals surface area contributed by atoms with Gasteiger partial charge in [0.2, 0.25) is 0 Å². The lowest BCUT2D eigenvalue weighted by molar-refractivity contribution is -0.280. The zero-order valence-corrected chi connectivity index (χ0v) is 13.9. The number of carboxylic acid groups (broad SMARTS) is 3. The van der Waals surface area contributed by atoms with Crippen molar-refractivity contribution in [2.24, 2.45) is 17.3 Å². The van der Waals surface area contributed by atoms with E-state index in [4.69, 9.17) is 19.7 Å². The van der Waals surface area contributed by atoms with Crippen LogP contribution in [0.1, 0.15) is 33.1 Å². The molecule has 10 heteroatoms. The summed E-state index contributed by atoms with van der Waals surface area (Å²) in [6.07, 6.45) is -4.41. The standard InChI is InChI=1S/C15H22O10/c1-7(16)24-6-10-8(3-11(17)18)9(4-12(19)20)15(2,5-13(21)22)14(23)25-10/h8-10,14,23H,3-6H2,1-2H3,(H,17,18)(H,19,20)(H,21,22)/t8-,9+,10+,14?,15+/m1/s1. The molecule has 0 amide bonds. The smallest absolute Gasteiger partial charge is 0.304 e. The van der Waals surface area contributed by atoms with Gasteiger partial charge in [-0.05, 0) is 5.92 Å². The second-order valence-corrected chi connectivity index (χ2v) is 6.37. The number of aliphatic carboxylic acids is 3. The Hall–Kier alpha value is -2.20. The van der Waals surface area contributed by atoms with Crippen molar-refractivity contribution in [3.63, 3.8) is 0 Å². The average Bonchev–Trinajstić information content (AvgIpc) is 2.44. The fraction of sp³-hybridized carbons (Fsp3) is 0.733. The SMILES string of the molecule is CC(=O)OC[C@@H]1OC(O)[C@@](C)(CC(=O)O)[C@@H](CC(=O)O)[C@H]1CC(=O)O. The zero-order chi connectivity index (χ0) is 19.4. The Bertz CT molecular complexity index is 544. The maximum absolute atomic E-state index is 11.2. The third-order valence-corrected chi connectivity index (χ3v) is 4.50. The maximum Gasteiger partial charge on any atom is 0.304 e. The van der Waals surface area contributed by atoms with Crippen molar-refractivity contribution >= 4 is 23.9 Å². The molecule has 1 unspecified atom stereocenters. The van der Waals surface area contributed by atoms with Crippen LogP contribution in [0, 0.1) is 17.3 Å². The molecule has 1 saturated heterocycles. The summed E-state index contributed by atoms with van der Waals surface area (Å²) in [7, 11) is 0. The molecule has 0 aromatic carbocycles. The number of hydrogen-bond acceptors (Lipinski definition) is 7. The molecule has 25 heavy (non-hydrogen) atoms. The highest BCUT2D eigenvalue weighted by molar-refractivity contribution is 5.71. The molecular weight excluding hydrogens is 340 g/mol. The molecule has 1 fully saturated rings. The van der Waals surface area contributed by atoms with Crippen molar-refractivity contribution in [1.29, 1.82) is 0 Å². The first-order chi connectivity index (χ1) is 11.5. The lowest BCUT2D eigenvalue weighted by Crippen LogP contribution is -2.57. The number of rotatable bonds is 8. The third kappa shape index (κ3) is 5.40. The molecule has 4 N–H and O–H groups in total. The average molecular weight is 362 g/mol. The van der Waals surface area contributed by atoms with Crippen LogP contribution in [0.4, 0.5) is 0 Å². The first-order valence-electron chi connectivity index (χ1n) is 7.59. The number of carbonyl (C=O) groups is 4. The van der Waals surface area contributed by atoms with Crippen molar-refractivity contribution in [2.45, 2.75) is 45.5 Å². The van der Waals surface area contributed by atoms with Crippen LogP contribution in [-0.4, -0.2) is 63.3 Å². The molecule has 0 saturated carbocycles. The summed E-state index contributed by atoms with van der Waals surface area (Å²) in [6, 6.07) is 0. The largest absolute Gasteiger partial charge is 0.481 e. The van der Waals surface area contributed by atoms with E-state index in [1.54, 1.807) is 0 Å². The van der Waals surface area contributed by atoms with Gasteiger partial charge in [-0.25, -0.2) is 0 Å². The van der Waals surface area contributed by atoms with Crippen LogP contribution < -0.4 is 0 Å². The quantitative estimate of drug-likeness (QED) is 0.429. The molecule has 1 heterocycles. The molecule has 0 spiro atoms. The fourth-order valence-corrected chi connectivity index (χ4v) is 3.31. The van der Waals surface area contributed by atoms with E-state index in [0.29, 0.717) is 0 Å². The monoisotopic (exact) mass is 362 g/mol. The van der Waals surface area contributed by atoms with Crippen molar-refractivity contribution < 1.29 is 49.1 Å². The lowest BCUT2D eigenvalue weighted by atomic mass is 9.62. The van der Waals surface area contributed by atoms with E-state index in [1.165, 1.54) is 6.92 Å². The summed E-state index contributed by atoms with van der Waals surface area (Å²) in [5, 5.41) is 37.7. The number of ether oxygens (including phenoxy) is 2. The van der Waals surface area contributed by atoms with Crippen LogP contribution >= 0.6 is 0 Å². The number of aliphatic hydroxyl groups is 1. The van der Waals surface area contributed by atoms with Gasteiger partial charge in [-0.15, -0.1) is 0 Å². The number of hydrogen-bond donors (Lipinski definition) is 4. The summed E-state index contributed by atoms with van der Waals surface area (Å²) in [5.74, 6) is -6.42. The summed E-state index contributed by atoms with van der Waals surface area (Å²) in [5.41, 5.74) is -1.52. The fourth-order valence-electron chi connectivity index (χ4n) is 3.31. The molecule has 0 bridgehead atoms. The minimum atomic E-state index is -1.65. The molecule has 1 aliphatic rings. The highest BCUT2D eigenvalue weighted by Gasteiger charge is 2.54. The zero-order valence-electron chi connectivity index (χ0n) is 13.9. The number of carboxylic acids is 3. The van der Waals surface area contributed by atoms with E-state index in [0.717, 1.165) is 6.92 Å². The van der Waals surface area contributed by atoms with Gasteiger partial charge in [-0.2, -0.15) is 0 Å². The highest BCUT2D eigenvalue weighted by atomic mass is 16.6. The minimum absolute atomic E-state index is 0.371. The normalized spacial score (nSPS) is 32.0. The van der Waals surface area contributed by atoms with E-state index in [9.17, 15) is 29.4 Å². The van der Waals surface area contributed by atoms with Crippen LogP contribution in [0.5, 0.6) is 0 Å². The Balaban J connectivity index is 3.26. The van der Waals surface area contributed by atoms with Crippen LogP contribution in [-0.2, 0) is 28.7 Å². The van der Waals surface area contributed by atoms with E-state index in [-0.39, 0.29) is 6.61 Å². The summed E-state index contributed by atoms with van der Waals surface area (Å²) >= 11 is 0. The summed E-state index contributed by atoms with van der Waals surface area (Å²) < 4.78 is 10.1. The van der Waals surface area contributed by atoms with Crippen LogP contribution in [0.25, 0.3) is 0 Å². The van der Waals surface area contributed by atoms with Gasteiger partial charge in [-0.3, -0.25) is 19.2 Å². The predicted molar refractivity (Wildman–Crippen MR) is 79.4 cm³/mol. The van der Waals surface area contributed by atoms with Crippen LogP contribution in [0.2, 0.25) is 0 Å². The van der Waals surface area contributed by atoms with Gasteiger partial charge >= 0.3 is 23.9 Å². The molecule has 10 nitrogen and oxygen atoms in total. The van der Waals surface area contributed by atoms with E-state index in [2.05, 4.69) is 0 Å². The number of carbonyl (C=O) groups excluding carboxylic acids is 1.